The standard InChI is InChI=1S/C21H31N5O2S/c1-15-16(2)29-20(24-15)13-23-21(22-3)26-10-8-25(9-11-26)14-17-12-18(27-4)6-7-19(17)28-5/h6-7,12H,8-11,13-14H2,1-5H3,(H,22,23). The molecule has 1 aromatic carbocycles. The Morgan fingerprint density at radius 3 is 2.52 bits per heavy atom. The molecule has 1 saturated heterocycles. The van der Waals surface area contributed by atoms with Crippen molar-refractivity contribution in [2.45, 2.75) is 26.9 Å². The monoisotopic (exact) mass is 417 g/mol. The molecule has 1 fully saturated rings. The first-order valence-corrected chi connectivity index (χ1v) is 10.7. The SMILES string of the molecule is CN=C(NCc1nc(C)c(C)s1)N1CCN(Cc2cc(OC)ccc2OC)CC1. The van der Waals surface area contributed by atoms with Gasteiger partial charge in [0.1, 0.15) is 16.5 Å². The van der Waals surface area contributed by atoms with Crippen LogP contribution >= 0.6 is 11.3 Å². The molecule has 29 heavy (non-hydrogen) atoms. The Bertz CT molecular complexity index is 824. The van der Waals surface area contributed by atoms with Crippen molar-refractivity contribution in [3.8, 4) is 11.5 Å². The second-order valence-electron chi connectivity index (χ2n) is 7.09. The van der Waals surface area contributed by atoms with Gasteiger partial charge in [0.2, 0.25) is 0 Å². The van der Waals surface area contributed by atoms with Crippen LogP contribution in [0.15, 0.2) is 23.2 Å². The minimum Gasteiger partial charge on any atom is -0.497 e. The van der Waals surface area contributed by atoms with Crippen LogP contribution < -0.4 is 14.8 Å². The molecule has 0 amide bonds. The number of guanidine groups is 1. The average molecular weight is 418 g/mol. The van der Waals surface area contributed by atoms with E-state index in [1.807, 2.05) is 19.2 Å². The number of benzene rings is 1. The molecule has 158 valence electrons. The zero-order chi connectivity index (χ0) is 20.8. The maximum absolute atomic E-state index is 5.52. The number of ether oxygens (including phenoxy) is 2. The fraction of sp³-hybridized carbons (Fsp3) is 0.524. The van der Waals surface area contributed by atoms with Gasteiger partial charge in [0.05, 0.1) is 26.5 Å². The van der Waals surface area contributed by atoms with Crippen LogP contribution in [-0.2, 0) is 13.1 Å². The van der Waals surface area contributed by atoms with E-state index >= 15 is 0 Å². The molecule has 0 saturated carbocycles. The first kappa shape index (κ1) is 21.4. The maximum Gasteiger partial charge on any atom is 0.194 e. The van der Waals surface area contributed by atoms with E-state index in [0.717, 1.165) is 66.4 Å². The molecule has 7 nitrogen and oxygen atoms in total. The van der Waals surface area contributed by atoms with Crippen molar-refractivity contribution in [1.82, 2.24) is 20.1 Å². The van der Waals surface area contributed by atoms with E-state index in [1.165, 1.54) is 4.88 Å². The molecule has 2 heterocycles. The molecule has 1 aliphatic rings. The number of nitrogens with one attached hydrogen (secondary N) is 1. The summed E-state index contributed by atoms with van der Waals surface area (Å²) in [6, 6.07) is 5.96. The number of piperazine rings is 1. The lowest BCUT2D eigenvalue weighted by Crippen LogP contribution is -2.52. The number of thiazole rings is 1. The fourth-order valence-electron chi connectivity index (χ4n) is 3.47. The van der Waals surface area contributed by atoms with Gasteiger partial charge in [-0.2, -0.15) is 0 Å². The van der Waals surface area contributed by atoms with E-state index in [9.17, 15) is 0 Å². The second-order valence-corrected chi connectivity index (χ2v) is 8.38. The number of nitrogens with zero attached hydrogens (tertiary/aromatic N) is 4. The quantitative estimate of drug-likeness (QED) is 0.576. The van der Waals surface area contributed by atoms with Crippen molar-refractivity contribution in [3.05, 3.63) is 39.3 Å². The number of hydrogen-bond acceptors (Lipinski definition) is 6. The summed E-state index contributed by atoms with van der Waals surface area (Å²) in [4.78, 5) is 15.1. The van der Waals surface area contributed by atoms with Gasteiger partial charge >= 0.3 is 0 Å². The van der Waals surface area contributed by atoms with Crippen molar-refractivity contribution in [2.24, 2.45) is 4.99 Å². The Morgan fingerprint density at radius 2 is 1.93 bits per heavy atom. The zero-order valence-electron chi connectivity index (χ0n) is 18.0. The first-order chi connectivity index (χ1) is 14.0. The molecule has 2 aromatic rings. The number of rotatable bonds is 6. The molecule has 1 aliphatic heterocycles. The van der Waals surface area contributed by atoms with Gasteiger partial charge in [-0.15, -0.1) is 11.3 Å². The molecule has 0 aliphatic carbocycles. The number of methoxy groups -OCH3 is 2. The third kappa shape index (κ3) is 5.39. The molecule has 0 bridgehead atoms. The molecule has 0 spiro atoms. The van der Waals surface area contributed by atoms with Crippen molar-refractivity contribution in [2.75, 3.05) is 47.4 Å². The minimum atomic E-state index is 0.716. The van der Waals surface area contributed by atoms with Gasteiger partial charge in [-0.3, -0.25) is 9.89 Å². The number of hydrogen-bond donors (Lipinski definition) is 1. The van der Waals surface area contributed by atoms with Crippen LogP contribution in [0.4, 0.5) is 0 Å². The minimum absolute atomic E-state index is 0.716. The number of aliphatic imine (C=N–C) groups is 1. The highest BCUT2D eigenvalue weighted by Crippen LogP contribution is 2.25. The van der Waals surface area contributed by atoms with Crippen LogP contribution in [0.2, 0.25) is 0 Å². The Morgan fingerprint density at radius 1 is 1.17 bits per heavy atom. The van der Waals surface area contributed by atoms with E-state index in [4.69, 9.17) is 9.47 Å². The number of aryl methyl sites for hydroxylation is 2. The highest BCUT2D eigenvalue weighted by molar-refractivity contribution is 7.11. The summed E-state index contributed by atoms with van der Waals surface area (Å²) in [7, 11) is 5.25. The van der Waals surface area contributed by atoms with Gasteiger partial charge in [0.15, 0.2) is 5.96 Å². The van der Waals surface area contributed by atoms with E-state index in [2.05, 4.69) is 45.0 Å². The highest BCUT2D eigenvalue weighted by atomic mass is 32.1. The van der Waals surface area contributed by atoms with Crippen molar-refractivity contribution >= 4 is 17.3 Å². The molecule has 1 aromatic heterocycles. The van der Waals surface area contributed by atoms with Gasteiger partial charge in [-0.25, -0.2) is 4.98 Å². The lowest BCUT2D eigenvalue weighted by atomic mass is 10.1. The van der Waals surface area contributed by atoms with Gasteiger partial charge in [0.25, 0.3) is 0 Å². The smallest absolute Gasteiger partial charge is 0.194 e. The lowest BCUT2D eigenvalue weighted by Gasteiger charge is -2.36. The van der Waals surface area contributed by atoms with Crippen molar-refractivity contribution < 1.29 is 9.47 Å². The number of aromatic nitrogens is 1. The Kier molecular flexibility index (Phi) is 7.33. The molecular weight excluding hydrogens is 386 g/mol. The van der Waals surface area contributed by atoms with Crippen LogP contribution in [0.3, 0.4) is 0 Å². The Balaban J connectivity index is 1.54. The van der Waals surface area contributed by atoms with E-state index in [-0.39, 0.29) is 0 Å². The zero-order valence-corrected chi connectivity index (χ0v) is 18.8. The topological polar surface area (TPSA) is 62.2 Å². The van der Waals surface area contributed by atoms with Gasteiger partial charge in [-0.05, 0) is 32.0 Å². The summed E-state index contributed by atoms with van der Waals surface area (Å²) in [5, 5.41) is 4.56. The van der Waals surface area contributed by atoms with E-state index in [1.54, 1.807) is 25.6 Å². The molecule has 8 heteroatoms. The van der Waals surface area contributed by atoms with Crippen molar-refractivity contribution in [1.29, 1.82) is 0 Å². The van der Waals surface area contributed by atoms with Gasteiger partial charge < -0.3 is 19.7 Å². The molecule has 1 N–H and O–H groups in total. The predicted octanol–water partition coefficient (Wildman–Crippen LogP) is 2.67. The van der Waals surface area contributed by atoms with E-state index < -0.39 is 0 Å². The second kappa shape index (κ2) is 9.93. The summed E-state index contributed by atoms with van der Waals surface area (Å²) >= 11 is 1.74. The lowest BCUT2D eigenvalue weighted by molar-refractivity contribution is 0.171. The largest absolute Gasteiger partial charge is 0.497 e. The van der Waals surface area contributed by atoms with E-state index in [0.29, 0.717) is 6.54 Å². The highest BCUT2D eigenvalue weighted by Gasteiger charge is 2.21. The van der Waals surface area contributed by atoms with Gasteiger partial charge in [-0.1, -0.05) is 0 Å². The first-order valence-electron chi connectivity index (χ1n) is 9.85. The summed E-state index contributed by atoms with van der Waals surface area (Å²) < 4.78 is 10.9. The van der Waals surface area contributed by atoms with Gasteiger partial charge in [0, 0.05) is 50.2 Å². The summed E-state index contributed by atoms with van der Waals surface area (Å²) in [6.07, 6.45) is 0. The third-order valence-electron chi connectivity index (χ3n) is 5.24. The van der Waals surface area contributed by atoms with Crippen LogP contribution in [0.5, 0.6) is 11.5 Å². The normalized spacial score (nSPS) is 15.5. The van der Waals surface area contributed by atoms with Crippen LogP contribution in [0.25, 0.3) is 0 Å². The molecule has 0 atom stereocenters. The summed E-state index contributed by atoms with van der Waals surface area (Å²) in [5.41, 5.74) is 2.26. The van der Waals surface area contributed by atoms with Crippen LogP contribution in [-0.4, -0.2) is 68.2 Å². The summed E-state index contributed by atoms with van der Waals surface area (Å²) in [5.74, 6) is 2.70. The Hall–Kier alpha value is -2.32. The summed E-state index contributed by atoms with van der Waals surface area (Å²) in [6.45, 7) is 9.53. The molecule has 3 rings (SSSR count). The molecule has 0 radical (unpaired) electrons. The van der Waals surface area contributed by atoms with Crippen LogP contribution in [0.1, 0.15) is 21.1 Å². The molecule has 0 unspecified atom stereocenters. The fourth-order valence-corrected chi connectivity index (χ4v) is 4.34. The Labute approximate surface area is 177 Å². The maximum atomic E-state index is 5.52. The molecular formula is C21H31N5O2S. The van der Waals surface area contributed by atoms with Crippen LogP contribution in [0, 0.1) is 13.8 Å². The predicted molar refractivity (Wildman–Crippen MR) is 118 cm³/mol. The third-order valence-corrected chi connectivity index (χ3v) is 6.31. The average Bonchev–Trinajstić information content (AvgIpc) is 3.06. The van der Waals surface area contributed by atoms with Crippen molar-refractivity contribution in [3.63, 3.8) is 0 Å².